The van der Waals surface area contributed by atoms with Crippen LogP contribution in [-0.4, -0.2) is 31.1 Å². The summed E-state index contributed by atoms with van der Waals surface area (Å²) in [7, 11) is 0. The first-order valence-corrected chi connectivity index (χ1v) is 6.16. The Morgan fingerprint density at radius 3 is 2.47 bits per heavy atom. The number of hydrogen-bond acceptors (Lipinski definition) is 4. The predicted molar refractivity (Wildman–Crippen MR) is 70.2 cm³/mol. The van der Waals surface area contributed by atoms with Crippen LogP contribution in [0.3, 0.4) is 0 Å². The summed E-state index contributed by atoms with van der Waals surface area (Å²) in [5, 5.41) is 3.34. The zero-order valence-electron chi connectivity index (χ0n) is 9.89. The molecule has 1 spiro atoms. The number of nitrogens with one attached hydrogen (secondary N) is 1. The Bertz CT molecular complexity index is 418. The fraction of sp³-hybridized carbons (Fsp3) is 0.462. The summed E-state index contributed by atoms with van der Waals surface area (Å²) in [4.78, 5) is 6.71. The third-order valence-electron chi connectivity index (χ3n) is 3.79. The molecule has 4 heteroatoms. The number of rotatable bonds is 1. The molecule has 1 fully saturated rings. The quantitative estimate of drug-likeness (QED) is 0.755. The topological polar surface area (TPSA) is 53.6 Å². The molecule has 1 saturated heterocycles. The standard InChI is InChI=1S/C13H18N4/c14-12-15-10-13(16-12)6-8-17(9-7-13)11-4-2-1-3-5-11/h1-5H,6-10H2,(H3,14,15,16). The molecule has 0 radical (unpaired) electrons. The second kappa shape index (κ2) is 3.95. The Hall–Kier alpha value is -1.71. The summed E-state index contributed by atoms with van der Waals surface area (Å²) in [6, 6.07) is 10.6. The second-order valence-corrected chi connectivity index (χ2v) is 4.93. The lowest BCUT2D eigenvalue weighted by molar-refractivity contribution is 0.324. The molecule has 0 aliphatic carbocycles. The molecule has 4 nitrogen and oxygen atoms in total. The highest BCUT2D eigenvalue weighted by Gasteiger charge is 2.37. The van der Waals surface area contributed by atoms with Gasteiger partial charge in [0.05, 0.1) is 12.1 Å². The average Bonchev–Trinajstić information content (AvgIpc) is 2.73. The lowest BCUT2D eigenvalue weighted by Crippen LogP contribution is -2.55. The summed E-state index contributed by atoms with van der Waals surface area (Å²) < 4.78 is 0. The van der Waals surface area contributed by atoms with E-state index in [2.05, 4.69) is 45.5 Å². The molecule has 0 saturated carbocycles. The van der Waals surface area contributed by atoms with Gasteiger partial charge in [-0.1, -0.05) is 18.2 Å². The number of hydrogen-bond donors (Lipinski definition) is 2. The van der Waals surface area contributed by atoms with E-state index in [1.807, 2.05) is 0 Å². The van der Waals surface area contributed by atoms with E-state index in [-0.39, 0.29) is 5.54 Å². The fourth-order valence-corrected chi connectivity index (χ4v) is 2.70. The van der Waals surface area contributed by atoms with E-state index in [9.17, 15) is 0 Å². The Morgan fingerprint density at radius 2 is 1.88 bits per heavy atom. The van der Waals surface area contributed by atoms with Crippen molar-refractivity contribution >= 4 is 11.6 Å². The van der Waals surface area contributed by atoms with Gasteiger partial charge in [-0.2, -0.15) is 0 Å². The van der Waals surface area contributed by atoms with Crippen LogP contribution in [0, 0.1) is 0 Å². The Balaban J connectivity index is 1.65. The largest absolute Gasteiger partial charge is 0.371 e. The number of guanidine groups is 1. The minimum atomic E-state index is 0.134. The van der Waals surface area contributed by atoms with Gasteiger partial charge in [-0.3, -0.25) is 4.99 Å². The van der Waals surface area contributed by atoms with Gasteiger partial charge < -0.3 is 16.0 Å². The average molecular weight is 230 g/mol. The Kier molecular flexibility index (Phi) is 2.42. The Morgan fingerprint density at radius 1 is 1.18 bits per heavy atom. The van der Waals surface area contributed by atoms with Crippen molar-refractivity contribution in [2.24, 2.45) is 10.7 Å². The highest BCUT2D eigenvalue weighted by atomic mass is 15.2. The number of nitrogens with two attached hydrogens (primary N) is 1. The fourth-order valence-electron chi connectivity index (χ4n) is 2.70. The van der Waals surface area contributed by atoms with Gasteiger partial charge in [-0.15, -0.1) is 0 Å². The first-order chi connectivity index (χ1) is 8.27. The van der Waals surface area contributed by atoms with Crippen molar-refractivity contribution in [2.45, 2.75) is 18.4 Å². The zero-order chi connectivity index (χ0) is 11.7. The molecule has 0 aromatic heterocycles. The molecule has 0 unspecified atom stereocenters. The first-order valence-electron chi connectivity index (χ1n) is 6.16. The minimum absolute atomic E-state index is 0.134. The van der Waals surface area contributed by atoms with E-state index in [0.717, 1.165) is 32.5 Å². The van der Waals surface area contributed by atoms with E-state index in [0.29, 0.717) is 5.96 Å². The lowest BCUT2D eigenvalue weighted by Gasteiger charge is -2.40. The van der Waals surface area contributed by atoms with Gasteiger partial charge in [-0.25, -0.2) is 0 Å². The van der Waals surface area contributed by atoms with Gasteiger partial charge in [0.15, 0.2) is 5.96 Å². The molecule has 2 aliphatic heterocycles. The van der Waals surface area contributed by atoms with Gasteiger partial charge in [-0.05, 0) is 25.0 Å². The molecule has 3 rings (SSSR count). The van der Waals surface area contributed by atoms with Crippen LogP contribution in [0.4, 0.5) is 5.69 Å². The van der Waals surface area contributed by atoms with Crippen molar-refractivity contribution in [1.29, 1.82) is 0 Å². The number of anilines is 1. The van der Waals surface area contributed by atoms with Gasteiger partial charge in [0.2, 0.25) is 0 Å². The molecule has 0 bridgehead atoms. The Labute approximate surface area is 102 Å². The highest BCUT2D eigenvalue weighted by molar-refractivity contribution is 5.80. The normalized spacial score (nSPS) is 22.4. The molecule has 1 aromatic rings. The monoisotopic (exact) mass is 230 g/mol. The van der Waals surface area contributed by atoms with E-state index in [4.69, 9.17) is 5.73 Å². The molecule has 3 N–H and O–H groups in total. The number of aliphatic imine (C=N–C) groups is 1. The molecule has 2 aliphatic rings. The van der Waals surface area contributed by atoms with Crippen molar-refractivity contribution in [1.82, 2.24) is 5.32 Å². The highest BCUT2D eigenvalue weighted by Crippen LogP contribution is 2.28. The maximum atomic E-state index is 5.71. The van der Waals surface area contributed by atoms with Crippen molar-refractivity contribution < 1.29 is 0 Å². The SMILES string of the molecule is NC1=NCC2(CCN(c3ccccc3)CC2)N1. The molecule has 2 heterocycles. The maximum absolute atomic E-state index is 5.71. The molecule has 1 aromatic carbocycles. The summed E-state index contributed by atoms with van der Waals surface area (Å²) in [5.74, 6) is 0.609. The minimum Gasteiger partial charge on any atom is -0.371 e. The molecule has 90 valence electrons. The van der Waals surface area contributed by atoms with E-state index in [1.54, 1.807) is 0 Å². The van der Waals surface area contributed by atoms with Crippen molar-refractivity contribution in [3.63, 3.8) is 0 Å². The van der Waals surface area contributed by atoms with Crippen LogP contribution < -0.4 is 16.0 Å². The molecule has 0 amide bonds. The summed E-state index contributed by atoms with van der Waals surface area (Å²) in [5.41, 5.74) is 7.16. The van der Waals surface area contributed by atoms with E-state index >= 15 is 0 Å². The molecular weight excluding hydrogens is 212 g/mol. The van der Waals surface area contributed by atoms with Gasteiger partial charge in [0.25, 0.3) is 0 Å². The summed E-state index contributed by atoms with van der Waals surface area (Å²) in [6.07, 6.45) is 2.21. The van der Waals surface area contributed by atoms with E-state index < -0.39 is 0 Å². The third kappa shape index (κ3) is 1.95. The maximum Gasteiger partial charge on any atom is 0.189 e. The van der Waals surface area contributed by atoms with Gasteiger partial charge in [0.1, 0.15) is 0 Å². The number of benzene rings is 1. The van der Waals surface area contributed by atoms with Crippen LogP contribution in [0.2, 0.25) is 0 Å². The van der Waals surface area contributed by atoms with Crippen molar-refractivity contribution in [3.05, 3.63) is 30.3 Å². The number of piperidine rings is 1. The van der Waals surface area contributed by atoms with Crippen LogP contribution in [0.25, 0.3) is 0 Å². The van der Waals surface area contributed by atoms with Crippen LogP contribution in [0.5, 0.6) is 0 Å². The smallest absolute Gasteiger partial charge is 0.189 e. The summed E-state index contributed by atoms with van der Waals surface area (Å²) >= 11 is 0. The van der Waals surface area contributed by atoms with Crippen LogP contribution in [0.1, 0.15) is 12.8 Å². The van der Waals surface area contributed by atoms with Crippen LogP contribution >= 0.6 is 0 Å². The van der Waals surface area contributed by atoms with Gasteiger partial charge in [0, 0.05) is 18.8 Å². The first kappa shape index (κ1) is 10.4. The van der Waals surface area contributed by atoms with Crippen molar-refractivity contribution in [2.75, 3.05) is 24.5 Å². The van der Waals surface area contributed by atoms with Gasteiger partial charge >= 0.3 is 0 Å². The number of nitrogens with zero attached hydrogens (tertiary/aromatic N) is 2. The molecular formula is C13H18N4. The molecule has 17 heavy (non-hydrogen) atoms. The third-order valence-corrected chi connectivity index (χ3v) is 3.79. The lowest BCUT2D eigenvalue weighted by atomic mass is 9.88. The molecule has 0 atom stereocenters. The number of para-hydroxylation sites is 1. The predicted octanol–water partition coefficient (Wildman–Crippen LogP) is 0.943. The van der Waals surface area contributed by atoms with Crippen molar-refractivity contribution in [3.8, 4) is 0 Å². The summed E-state index contributed by atoms with van der Waals surface area (Å²) in [6.45, 7) is 2.97. The van der Waals surface area contributed by atoms with Crippen LogP contribution in [-0.2, 0) is 0 Å². The van der Waals surface area contributed by atoms with E-state index in [1.165, 1.54) is 5.69 Å². The van der Waals surface area contributed by atoms with Crippen LogP contribution in [0.15, 0.2) is 35.3 Å². The zero-order valence-corrected chi connectivity index (χ0v) is 9.89. The second-order valence-electron chi connectivity index (χ2n) is 4.93.